The van der Waals surface area contributed by atoms with Gasteiger partial charge < -0.3 is 4.74 Å². The van der Waals surface area contributed by atoms with E-state index in [1.54, 1.807) is 0 Å². The number of ether oxygens (including phenoxy) is 1. The second kappa shape index (κ2) is 8.34. The first kappa shape index (κ1) is 15.3. The molecule has 2 nitrogen and oxygen atoms in total. The molecule has 0 bridgehead atoms. The molecule has 0 spiro atoms. The van der Waals surface area contributed by atoms with Gasteiger partial charge in [0.1, 0.15) is 5.76 Å². The molecule has 1 aliphatic rings. The lowest BCUT2D eigenvalue weighted by Crippen LogP contribution is -2.11. The zero-order valence-electron chi connectivity index (χ0n) is 12.3. The summed E-state index contributed by atoms with van der Waals surface area (Å²) in [7, 11) is 0. The van der Waals surface area contributed by atoms with Crippen LogP contribution in [0.25, 0.3) is 0 Å². The van der Waals surface area contributed by atoms with Crippen molar-refractivity contribution in [3.8, 4) is 0 Å². The van der Waals surface area contributed by atoms with Crippen LogP contribution in [0.5, 0.6) is 0 Å². The molecule has 0 fully saturated rings. The summed E-state index contributed by atoms with van der Waals surface area (Å²) >= 11 is 0. The monoisotopic (exact) mass is 252 g/mol. The van der Waals surface area contributed by atoms with Crippen LogP contribution in [0.1, 0.15) is 78.6 Å². The average molecular weight is 252 g/mol. The number of esters is 1. The summed E-state index contributed by atoms with van der Waals surface area (Å²) in [5, 5.41) is 0. The molecule has 0 aromatic rings. The predicted octanol–water partition coefficient (Wildman–Crippen LogP) is 4.98. The molecule has 0 radical (unpaired) electrons. The van der Waals surface area contributed by atoms with E-state index < -0.39 is 0 Å². The highest BCUT2D eigenvalue weighted by Crippen LogP contribution is 2.36. The quantitative estimate of drug-likeness (QED) is 0.541. The lowest BCUT2D eigenvalue weighted by molar-refractivity contribution is -0.140. The minimum absolute atomic E-state index is 0.0145. The van der Waals surface area contributed by atoms with Gasteiger partial charge in [-0.05, 0) is 31.3 Å². The first-order valence-corrected chi connectivity index (χ1v) is 7.68. The van der Waals surface area contributed by atoms with Crippen LogP contribution in [0.15, 0.2) is 11.3 Å². The van der Waals surface area contributed by atoms with Crippen LogP contribution in [0, 0.1) is 5.92 Å². The highest BCUT2D eigenvalue weighted by molar-refractivity contribution is 5.80. The molecule has 104 valence electrons. The SMILES string of the molecule is CCCCC1=C(CCCC)C(CCCC)C(=O)O1. The molecule has 0 N–H and O–H groups in total. The van der Waals surface area contributed by atoms with Crippen LogP contribution in [0.4, 0.5) is 0 Å². The maximum atomic E-state index is 12.0. The predicted molar refractivity (Wildman–Crippen MR) is 75.2 cm³/mol. The lowest BCUT2D eigenvalue weighted by atomic mass is 9.90. The zero-order valence-corrected chi connectivity index (χ0v) is 12.3. The minimum atomic E-state index is 0.0145. The van der Waals surface area contributed by atoms with Gasteiger partial charge in [0.25, 0.3) is 0 Å². The Bertz CT molecular complexity index is 291. The van der Waals surface area contributed by atoms with Crippen LogP contribution >= 0.6 is 0 Å². The van der Waals surface area contributed by atoms with Crippen molar-refractivity contribution in [1.82, 2.24) is 0 Å². The van der Waals surface area contributed by atoms with Gasteiger partial charge in [0, 0.05) is 6.42 Å². The first-order valence-electron chi connectivity index (χ1n) is 7.68. The molecule has 2 heteroatoms. The molecule has 18 heavy (non-hydrogen) atoms. The van der Waals surface area contributed by atoms with Gasteiger partial charge in [0.2, 0.25) is 0 Å². The zero-order chi connectivity index (χ0) is 13.4. The second-order valence-corrected chi connectivity index (χ2v) is 5.27. The topological polar surface area (TPSA) is 26.3 Å². The Morgan fingerprint density at radius 1 is 0.944 bits per heavy atom. The van der Waals surface area contributed by atoms with Crippen LogP contribution in [-0.2, 0) is 9.53 Å². The fourth-order valence-electron chi connectivity index (χ4n) is 2.52. The van der Waals surface area contributed by atoms with E-state index in [9.17, 15) is 4.79 Å². The highest BCUT2D eigenvalue weighted by atomic mass is 16.5. The van der Waals surface area contributed by atoms with E-state index in [2.05, 4.69) is 20.8 Å². The third-order valence-corrected chi connectivity index (χ3v) is 3.69. The van der Waals surface area contributed by atoms with E-state index in [4.69, 9.17) is 4.74 Å². The number of hydrogen-bond donors (Lipinski definition) is 0. The van der Waals surface area contributed by atoms with E-state index in [0.717, 1.165) is 50.7 Å². The fourth-order valence-corrected chi connectivity index (χ4v) is 2.52. The van der Waals surface area contributed by atoms with Gasteiger partial charge in [-0.1, -0.05) is 46.5 Å². The summed E-state index contributed by atoms with van der Waals surface area (Å²) in [5.74, 6) is 1.10. The van der Waals surface area contributed by atoms with Gasteiger partial charge in [-0.3, -0.25) is 4.79 Å². The minimum Gasteiger partial charge on any atom is -0.431 e. The Hall–Kier alpha value is -0.790. The Morgan fingerprint density at radius 2 is 1.56 bits per heavy atom. The molecule has 0 aliphatic carbocycles. The number of unbranched alkanes of at least 4 members (excludes halogenated alkanes) is 3. The molecule has 0 aromatic carbocycles. The molecule has 0 amide bonds. The molecule has 1 aliphatic heterocycles. The number of carbonyl (C=O) groups excluding carboxylic acids is 1. The van der Waals surface area contributed by atoms with Crippen molar-refractivity contribution in [2.24, 2.45) is 5.92 Å². The van der Waals surface area contributed by atoms with Crippen molar-refractivity contribution in [3.63, 3.8) is 0 Å². The van der Waals surface area contributed by atoms with Crippen LogP contribution in [0.3, 0.4) is 0 Å². The Kier molecular flexibility index (Phi) is 7.07. The van der Waals surface area contributed by atoms with Crippen molar-refractivity contribution in [2.45, 2.75) is 78.6 Å². The second-order valence-electron chi connectivity index (χ2n) is 5.27. The molecule has 1 atom stereocenters. The number of cyclic esters (lactones) is 1. The van der Waals surface area contributed by atoms with Crippen molar-refractivity contribution in [1.29, 1.82) is 0 Å². The number of carbonyl (C=O) groups is 1. The van der Waals surface area contributed by atoms with Gasteiger partial charge in [-0.2, -0.15) is 0 Å². The summed E-state index contributed by atoms with van der Waals surface area (Å²) in [4.78, 5) is 12.0. The van der Waals surface area contributed by atoms with Gasteiger partial charge in [-0.25, -0.2) is 0 Å². The molecule has 0 saturated carbocycles. The van der Waals surface area contributed by atoms with Crippen LogP contribution < -0.4 is 0 Å². The van der Waals surface area contributed by atoms with E-state index in [0.29, 0.717) is 0 Å². The molecule has 1 heterocycles. The highest BCUT2D eigenvalue weighted by Gasteiger charge is 2.33. The summed E-state index contributed by atoms with van der Waals surface area (Å²) < 4.78 is 5.52. The molecular weight excluding hydrogens is 224 g/mol. The van der Waals surface area contributed by atoms with Crippen molar-refractivity contribution in [3.05, 3.63) is 11.3 Å². The maximum Gasteiger partial charge on any atom is 0.318 e. The molecular formula is C16H28O2. The van der Waals surface area contributed by atoms with Crippen molar-refractivity contribution >= 4 is 5.97 Å². The summed E-state index contributed by atoms with van der Waals surface area (Å²) in [6.45, 7) is 6.55. The van der Waals surface area contributed by atoms with Gasteiger partial charge in [0.15, 0.2) is 0 Å². The Morgan fingerprint density at radius 3 is 2.17 bits per heavy atom. The molecule has 1 unspecified atom stereocenters. The lowest BCUT2D eigenvalue weighted by Gasteiger charge is -2.10. The summed E-state index contributed by atoms with van der Waals surface area (Å²) in [6, 6.07) is 0. The molecule has 0 aromatic heterocycles. The smallest absolute Gasteiger partial charge is 0.318 e. The summed E-state index contributed by atoms with van der Waals surface area (Å²) in [5.41, 5.74) is 1.32. The van der Waals surface area contributed by atoms with Crippen molar-refractivity contribution in [2.75, 3.05) is 0 Å². The standard InChI is InChI=1S/C16H28O2/c1-4-7-10-13-14(11-8-5-2)16(17)18-15(13)12-9-6-3/h14H,4-12H2,1-3H3. The number of allylic oxidation sites excluding steroid dienone is 1. The number of rotatable bonds is 9. The average Bonchev–Trinajstić information content (AvgIpc) is 2.67. The Balaban J connectivity index is 2.72. The van der Waals surface area contributed by atoms with E-state index >= 15 is 0 Å². The fraction of sp³-hybridized carbons (Fsp3) is 0.812. The molecule has 1 rings (SSSR count). The van der Waals surface area contributed by atoms with Crippen molar-refractivity contribution < 1.29 is 9.53 Å². The van der Waals surface area contributed by atoms with Gasteiger partial charge in [0.05, 0.1) is 5.92 Å². The largest absolute Gasteiger partial charge is 0.431 e. The third-order valence-electron chi connectivity index (χ3n) is 3.69. The van der Waals surface area contributed by atoms with Gasteiger partial charge >= 0.3 is 5.97 Å². The van der Waals surface area contributed by atoms with E-state index in [1.807, 2.05) is 0 Å². The third kappa shape index (κ3) is 4.15. The maximum absolute atomic E-state index is 12.0. The molecule has 0 saturated heterocycles. The first-order chi connectivity index (χ1) is 8.74. The van der Waals surface area contributed by atoms with Gasteiger partial charge in [-0.15, -0.1) is 0 Å². The summed E-state index contributed by atoms with van der Waals surface area (Å²) in [6.07, 6.45) is 9.87. The normalized spacial score (nSPS) is 19.5. The van der Waals surface area contributed by atoms with Crippen LogP contribution in [-0.4, -0.2) is 5.97 Å². The van der Waals surface area contributed by atoms with E-state index in [-0.39, 0.29) is 11.9 Å². The Labute approximate surface area is 112 Å². The van der Waals surface area contributed by atoms with Crippen LogP contribution in [0.2, 0.25) is 0 Å². The van der Waals surface area contributed by atoms with E-state index in [1.165, 1.54) is 18.4 Å². The number of hydrogen-bond acceptors (Lipinski definition) is 2.